The van der Waals surface area contributed by atoms with Crippen LogP contribution in [-0.4, -0.2) is 25.7 Å². The van der Waals surface area contributed by atoms with E-state index in [0.717, 1.165) is 5.56 Å². The molecule has 1 saturated heterocycles. The number of hydrogen-bond donors (Lipinski definition) is 1. The topological polar surface area (TPSA) is 75.7 Å². The Kier molecular flexibility index (Phi) is 5.61. The SMILES string of the molecule is CCOC(=O)C1CCN(c2c(NCc3ccc(Cl)cc3)c(=O)c2=O)CC1. The van der Waals surface area contributed by atoms with Crippen LogP contribution in [0.5, 0.6) is 0 Å². The highest BCUT2D eigenvalue weighted by atomic mass is 35.5. The van der Waals surface area contributed by atoms with Gasteiger partial charge in [0.05, 0.1) is 12.5 Å². The molecule has 7 heteroatoms. The third-order valence-electron chi connectivity index (χ3n) is 4.70. The van der Waals surface area contributed by atoms with E-state index in [9.17, 15) is 14.4 Å². The molecule has 138 valence electrons. The van der Waals surface area contributed by atoms with Crippen molar-refractivity contribution in [2.45, 2.75) is 26.3 Å². The summed E-state index contributed by atoms with van der Waals surface area (Å²) in [5.74, 6) is -0.318. The van der Waals surface area contributed by atoms with Crippen molar-refractivity contribution in [2.24, 2.45) is 5.92 Å². The number of esters is 1. The van der Waals surface area contributed by atoms with Crippen LogP contribution in [0.2, 0.25) is 5.02 Å². The number of rotatable bonds is 6. The number of piperidine rings is 1. The zero-order chi connectivity index (χ0) is 18.7. The molecule has 0 unspecified atom stereocenters. The minimum absolute atomic E-state index is 0.136. The van der Waals surface area contributed by atoms with Gasteiger partial charge in [-0.2, -0.15) is 0 Å². The molecule has 6 nitrogen and oxygen atoms in total. The molecule has 0 spiro atoms. The number of ether oxygens (including phenoxy) is 1. The lowest BCUT2D eigenvalue weighted by Crippen LogP contribution is -2.46. The summed E-state index contributed by atoms with van der Waals surface area (Å²) in [6.07, 6.45) is 1.24. The molecule has 1 heterocycles. The van der Waals surface area contributed by atoms with Crippen LogP contribution in [0.25, 0.3) is 0 Å². The van der Waals surface area contributed by atoms with Gasteiger partial charge in [-0.25, -0.2) is 0 Å². The lowest BCUT2D eigenvalue weighted by molar-refractivity contribution is -0.148. The molecule has 1 fully saturated rings. The Morgan fingerprint density at radius 1 is 1.19 bits per heavy atom. The number of halogens is 1. The maximum absolute atomic E-state index is 12.0. The standard InChI is InChI=1S/C19H21ClN2O4/c1-2-26-19(25)13-7-9-22(10-8-13)16-15(17(23)18(16)24)21-11-12-3-5-14(20)6-4-12/h3-6,13,21H,2,7-11H2,1H3. The van der Waals surface area contributed by atoms with Gasteiger partial charge in [-0.15, -0.1) is 0 Å². The van der Waals surface area contributed by atoms with Crippen LogP contribution < -0.4 is 21.1 Å². The number of nitrogens with zero attached hydrogens (tertiary/aromatic N) is 1. The zero-order valence-electron chi connectivity index (χ0n) is 14.6. The Bertz CT molecular complexity index is 847. The highest BCUT2D eigenvalue weighted by Gasteiger charge is 2.31. The second-order valence-corrected chi connectivity index (χ2v) is 6.81. The van der Waals surface area contributed by atoms with E-state index in [1.54, 1.807) is 19.1 Å². The fraction of sp³-hybridized carbons (Fsp3) is 0.421. The molecule has 0 amide bonds. The summed E-state index contributed by atoms with van der Waals surface area (Å²) in [7, 11) is 0. The summed E-state index contributed by atoms with van der Waals surface area (Å²) in [5.41, 5.74) is 0.819. The molecule has 0 saturated carbocycles. The molecule has 1 aliphatic heterocycles. The smallest absolute Gasteiger partial charge is 0.309 e. The second-order valence-electron chi connectivity index (χ2n) is 6.38. The highest BCUT2D eigenvalue weighted by Crippen LogP contribution is 2.27. The number of anilines is 2. The summed E-state index contributed by atoms with van der Waals surface area (Å²) in [4.78, 5) is 37.7. The average molecular weight is 377 g/mol. The average Bonchev–Trinajstić information content (AvgIpc) is 2.66. The van der Waals surface area contributed by atoms with E-state index < -0.39 is 10.9 Å². The fourth-order valence-corrected chi connectivity index (χ4v) is 3.36. The van der Waals surface area contributed by atoms with Crippen molar-refractivity contribution < 1.29 is 9.53 Å². The molecule has 0 radical (unpaired) electrons. The zero-order valence-corrected chi connectivity index (χ0v) is 15.3. The summed E-state index contributed by atoms with van der Waals surface area (Å²) in [6, 6.07) is 7.29. The molecule has 0 aromatic heterocycles. The highest BCUT2D eigenvalue weighted by molar-refractivity contribution is 6.30. The summed E-state index contributed by atoms with van der Waals surface area (Å²) in [6.45, 7) is 3.72. The summed E-state index contributed by atoms with van der Waals surface area (Å²) < 4.78 is 5.06. The van der Waals surface area contributed by atoms with E-state index in [1.165, 1.54) is 0 Å². The van der Waals surface area contributed by atoms with Crippen molar-refractivity contribution >= 4 is 28.9 Å². The Morgan fingerprint density at radius 2 is 1.85 bits per heavy atom. The first-order valence-corrected chi connectivity index (χ1v) is 9.12. The Hall–Kier alpha value is -2.34. The molecule has 1 N–H and O–H groups in total. The first kappa shape index (κ1) is 18.5. The number of carbonyl (C=O) groups excluding carboxylic acids is 1. The van der Waals surface area contributed by atoms with E-state index in [2.05, 4.69) is 5.32 Å². The largest absolute Gasteiger partial charge is 0.466 e. The molecular formula is C19H21ClN2O4. The van der Waals surface area contributed by atoms with Crippen molar-refractivity contribution in [3.05, 3.63) is 55.3 Å². The lowest BCUT2D eigenvalue weighted by Gasteiger charge is -2.34. The van der Waals surface area contributed by atoms with Crippen LogP contribution in [0.1, 0.15) is 25.3 Å². The molecule has 0 aliphatic carbocycles. The fourth-order valence-electron chi connectivity index (χ4n) is 3.24. The number of nitrogens with one attached hydrogen (secondary N) is 1. The van der Waals surface area contributed by atoms with Gasteiger partial charge in [0.2, 0.25) is 0 Å². The lowest BCUT2D eigenvalue weighted by atomic mass is 9.96. The molecule has 2 aromatic rings. The van der Waals surface area contributed by atoms with E-state index in [1.807, 2.05) is 17.0 Å². The van der Waals surface area contributed by atoms with Crippen molar-refractivity contribution in [3.63, 3.8) is 0 Å². The van der Waals surface area contributed by atoms with Gasteiger partial charge in [0.1, 0.15) is 11.4 Å². The maximum atomic E-state index is 12.0. The first-order valence-electron chi connectivity index (χ1n) is 8.74. The van der Waals surface area contributed by atoms with Crippen LogP contribution in [0.15, 0.2) is 33.9 Å². The van der Waals surface area contributed by atoms with Crippen molar-refractivity contribution in [1.82, 2.24) is 0 Å². The molecule has 0 atom stereocenters. The van der Waals surface area contributed by atoms with Crippen molar-refractivity contribution in [2.75, 3.05) is 29.9 Å². The van der Waals surface area contributed by atoms with Crippen molar-refractivity contribution in [3.8, 4) is 0 Å². The predicted molar refractivity (Wildman–Crippen MR) is 102 cm³/mol. The molecule has 2 aromatic carbocycles. The van der Waals surface area contributed by atoms with Gasteiger partial charge in [0.15, 0.2) is 0 Å². The number of carbonyl (C=O) groups is 1. The number of hydrogen-bond acceptors (Lipinski definition) is 6. The van der Waals surface area contributed by atoms with Gasteiger partial charge in [-0.1, -0.05) is 23.7 Å². The van der Waals surface area contributed by atoms with Crippen molar-refractivity contribution in [1.29, 1.82) is 0 Å². The van der Waals surface area contributed by atoms with Crippen LogP contribution in [-0.2, 0) is 16.1 Å². The molecule has 1 aliphatic rings. The van der Waals surface area contributed by atoms with Crippen LogP contribution in [0.3, 0.4) is 0 Å². The summed E-state index contributed by atoms with van der Waals surface area (Å²) >= 11 is 5.87. The van der Waals surface area contributed by atoms with Gasteiger partial charge >= 0.3 is 5.97 Å². The summed E-state index contributed by atoms with van der Waals surface area (Å²) in [5, 5.41) is 3.72. The van der Waals surface area contributed by atoms with Gasteiger partial charge < -0.3 is 15.0 Å². The predicted octanol–water partition coefficient (Wildman–Crippen LogP) is 2.33. The molecule has 0 bridgehead atoms. The monoisotopic (exact) mass is 376 g/mol. The quantitative estimate of drug-likeness (QED) is 0.616. The van der Waals surface area contributed by atoms with Gasteiger partial charge in [0, 0.05) is 24.7 Å². The number of benzene rings is 1. The Balaban J connectivity index is 1.64. The Labute approximate surface area is 156 Å². The first-order chi connectivity index (χ1) is 12.5. The Morgan fingerprint density at radius 3 is 2.46 bits per heavy atom. The van der Waals surface area contributed by atoms with E-state index in [4.69, 9.17) is 16.3 Å². The normalized spacial score (nSPS) is 15.2. The van der Waals surface area contributed by atoms with Crippen LogP contribution in [0.4, 0.5) is 11.4 Å². The van der Waals surface area contributed by atoms with Gasteiger partial charge in [-0.3, -0.25) is 14.4 Å². The molecular weight excluding hydrogens is 356 g/mol. The minimum Gasteiger partial charge on any atom is -0.466 e. The third kappa shape index (κ3) is 3.75. The molecule has 26 heavy (non-hydrogen) atoms. The van der Waals surface area contributed by atoms with Crippen LogP contribution >= 0.6 is 11.6 Å². The van der Waals surface area contributed by atoms with Gasteiger partial charge in [-0.05, 0) is 37.5 Å². The van der Waals surface area contributed by atoms with E-state index in [-0.39, 0.29) is 11.9 Å². The van der Waals surface area contributed by atoms with E-state index in [0.29, 0.717) is 55.5 Å². The third-order valence-corrected chi connectivity index (χ3v) is 4.95. The molecule has 3 rings (SSSR count). The van der Waals surface area contributed by atoms with E-state index >= 15 is 0 Å². The minimum atomic E-state index is -0.485. The van der Waals surface area contributed by atoms with Crippen LogP contribution in [0, 0.1) is 5.92 Å². The second kappa shape index (κ2) is 7.91. The maximum Gasteiger partial charge on any atom is 0.309 e. The van der Waals surface area contributed by atoms with Gasteiger partial charge in [0.25, 0.3) is 10.9 Å².